The normalized spacial score (nSPS) is 10.6. The molecule has 0 bridgehead atoms. The standard InChI is InChI=1S/C14H12ClNO/c15-13-9-4-10-14(16-13)17-11-5-8-12-6-2-1-3-7-12/h1-10H,11H2/b8-5+. The van der Waals surface area contributed by atoms with Crippen LogP contribution in [0.4, 0.5) is 0 Å². The van der Waals surface area contributed by atoms with Gasteiger partial charge >= 0.3 is 0 Å². The van der Waals surface area contributed by atoms with Crippen molar-refractivity contribution < 1.29 is 4.74 Å². The van der Waals surface area contributed by atoms with Crippen molar-refractivity contribution >= 4 is 17.7 Å². The molecule has 17 heavy (non-hydrogen) atoms. The van der Waals surface area contributed by atoms with Crippen LogP contribution < -0.4 is 4.74 Å². The highest BCUT2D eigenvalue weighted by atomic mass is 35.5. The highest BCUT2D eigenvalue weighted by Gasteiger charge is 1.93. The predicted molar refractivity (Wildman–Crippen MR) is 70.2 cm³/mol. The van der Waals surface area contributed by atoms with Crippen LogP contribution in [0.3, 0.4) is 0 Å². The van der Waals surface area contributed by atoms with E-state index >= 15 is 0 Å². The molecule has 1 aromatic heterocycles. The number of hydrogen-bond acceptors (Lipinski definition) is 2. The zero-order valence-electron chi connectivity index (χ0n) is 9.21. The quantitative estimate of drug-likeness (QED) is 0.764. The van der Waals surface area contributed by atoms with Gasteiger partial charge in [0, 0.05) is 6.07 Å². The summed E-state index contributed by atoms with van der Waals surface area (Å²) in [6.45, 7) is 0.474. The molecule has 3 heteroatoms. The van der Waals surface area contributed by atoms with E-state index in [4.69, 9.17) is 16.3 Å². The minimum atomic E-state index is 0.439. The second kappa shape index (κ2) is 6.06. The van der Waals surface area contributed by atoms with Crippen LogP contribution in [0.5, 0.6) is 5.88 Å². The summed E-state index contributed by atoms with van der Waals surface area (Å²) in [4.78, 5) is 4.03. The molecular formula is C14H12ClNO. The summed E-state index contributed by atoms with van der Waals surface area (Å²) >= 11 is 5.74. The fraction of sp³-hybridized carbons (Fsp3) is 0.0714. The molecule has 0 saturated carbocycles. The summed E-state index contributed by atoms with van der Waals surface area (Å²) in [6, 6.07) is 15.4. The maximum absolute atomic E-state index is 5.74. The van der Waals surface area contributed by atoms with E-state index in [1.165, 1.54) is 0 Å². The van der Waals surface area contributed by atoms with Crippen LogP contribution in [0, 0.1) is 0 Å². The number of pyridine rings is 1. The van der Waals surface area contributed by atoms with Gasteiger partial charge in [0.15, 0.2) is 0 Å². The van der Waals surface area contributed by atoms with Crippen LogP contribution in [0.2, 0.25) is 5.15 Å². The summed E-state index contributed by atoms with van der Waals surface area (Å²) < 4.78 is 5.43. The molecule has 0 fully saturated rings. The van der Waals surface area contributed by atoms with Gasteiger partial charge < -0.3 is 4.74 Å². The van der Waals surface area contributed by atoms with E-state index in [2.05, 4.69) is 4.98 Å². The Morgan fingerprint density at radius 1 is 1.06 bits per heavy atom. The van der Waals surface area contributed by atoms with E-state index in [1.54, 1.807) is 12.1 Å². The average molecular weight is 246 g/mol. The first-order valence-electron chi connectivity index (χ1n) is 5.31. The van der Waals surface area contributed by atoms with Crippen molar-refractivity contribution in [1.82, 2.24) is 4.98 Å². The number of hydrogen-bond donors (Lipinski definition) is 0. The molecule has 0 amide bonds. The van der Waals surface area contributed by atoms with Crippen molar-refractivity contribution in [1.29, 1.82) is 0 Å². The molecule has 0 unspecified atom stereocenters. The fourth-order valence-electron chi connectivity index (χ4n) is 1.35. The number of nitrogens with zero attached hydrogens (tertiary/aromatic N) is 1. The molecule has 0 N–H and O–H groups in total. The van der Waals surface area contributed by atoms with Gasteiger partial charge in [-0.25, -0.2) is 4.98 Å². The molecule has 0 aliphatic heterocycles. The van der Waals surface area contributed by atoms with Crippen molar-refractivity contribution in [3.8, 4) is 5.88 Å². The highest BCUT2D eigenvalue weighted by molar-refractivity contribution is 6.29. The van der Waals surface area contributed by atoms with Gasteiger partial charge in [-0.15, -0.1) is 0 Å². The largest absolute Gasteiger partial charge is 0.473 e. The predicted octanol–water partition coefficient (Wildman–Crippen LogP) is 3.83. The molecule has 0 radical (unpaired) electrons. The van der Waals surface area contributed by atoms with Crippen LogP contribution in [0.15, 0.2) is 54.6 Å². The number of aromatic nitrogens is 1. The summed E-state index contributed by atoms with van der Waals surface area (Å²) in [6.07, 6.45) is 3.95. The van der Waals surface area contributed by atoms with E-state index in [9.17, 15) is 0 Å². The van der Waals surface area contributed by atoms with E-state index < -0.39 is 0 Å². The van der Waals surface area contributed by atoms with Gasteiger partial charge in [-0.05, 0) is 17.7 Å². The molecule has 2 aromatic rings. The van der Waals surface area contributed by atoms with Gasteiger partial charge in [-0.2, -0.15) is 0 Å². The molecule has 86 valence electrons. The van der Waals surface area contributed by atoms with Gasteiger partial charge in [0.05, 0.1) is 0 Å². The molecule has 0 atom stereocenters. The minimum absolute atomic E-state index is 0.439. The summed E-state index contributed by atoms with van der Waals surface area (Å²) in [5, 5.41) is 0.439. The van der Waals surface area contributed by atoms with Gasteiger partial charge in [0.2, 0.25) is 5.88 Å². The van der Waals surface area contributed by atoms with E-state index in [1.807, 2.05) is 48.6 Å². The highest BCUT2D eigenvalue weighted by Crippen LogP contribution is 2.11. The lowest BCUT2D eigenvalue weighted by Crippen LogP contribution is -1.95. The third-order valence-electron chi connectivity index (χ3n) is 2.13. The molecule has 0 aliphatic rings. The lowest BCUT2D eigenvalue weighted by atomic mass is 10.2. The van der Waals surface area contributed by atoms with Gasteiger partial charge in [0.25, 0.3) is 0 Å². The molecular weight excluding hydrogens is 234 g/mol. The Kier molecular flexibility index (Phi) is 4.17. The van der Waals surface area contributed by atoms with E-state index in [0.717, 1.165) is 5.56 Å². The number of halogens is 1. The zero-order valence-corrected chi connectivity index (χ0v) is 9.97. The molecule has 0 saturated heterocycles. The number of rotatable bonds is 4. The van der Waals surface area contributed by atoms with Crippen LogP contribution in [0.1, 0.15) is 5.56 Å². The topological polar surface area (TPSA) is 22.1 Å². The molecule has 2 rings (SSSR count). The third kappa shape index (κ3) is 3.93. The maximum atomic E-state index is 5.74. The van der Waals surface area contributed by atoms with Crippen molar-refractivity contribution in [2.24, 2.45) is 0 Å². The number of benzene rings is 1. The Morgan fingerprint density at radius 3 is 2.65 bits per heavy atom. The Labute approximate surface area is 106 Å². The van der Waals surface area contributed by atoms with Crippen molar-refractivity contribution in [3.05, 3.63) is 65.3 Å². The molecule has 1 heterocycles. The first kappa shape index (κ1) is 11.7. The second-order valence-corrected chi connectivity index (χ2v) is 3.81. The molecule has 0 aliphatic carbocycles. The van der Waals surface area contributed by atoms with Crippen molar-refractivity contribution in [3.63, 3.8) is 0 Å². The zero-order chi connectivity index (χ0) is 11.9. The fourth-order valence-corrected chi connectivity index (χ4v) is 1.51. The van der Waals surface area contributed by atoms with Gasteiger partial charge in [0.1, 0.15) is 11.8 Å². The SMILES string of the molecule is Clc1cccc(OC/C=C/c2ccccc2)n1. The Bertz CT molecular complexity index is 497. The number of ether oxygens (including phenoxy) is 1. The van der Waals surface area contributed by atoms with Crippen LogP contribution in [-0.4, -0.2) is 11.6 Å². The lowest BCUT2D eigenvalue weighted by Gasteiger charge is -2.01. The van der Waals surface area contributed by atoms with Gasteiger partial charge in [-0.3, -0.25) is 0 Å². The Hall–Kier alpha value is -1.80. The van der Waals surface area contributed by atoms with Crippen LogP contribution >= 0.6 is 11.6 Å². The maximum Gasteiger partial charge on any atom is 0.214 e. The summed E-state index contributed by atoms with van der Waals surface area (Å²) in [5.74, 6) is 0.537. The Balaban J connectivity index is 1.86. The molecule has 2 nitrogen and oxygen atoms in total. The smallest absolute Gasteiger partial charge is 0.214 e. The lowest BCUT2D eigenvalue weighted by molar-refractivity contribution is 0.349. The van der Waals surface area contributed by atoms with Gasteiger partial charge in [-0.1, -0.05) is 54.1 Å². The Morgan fingerprint density at radius 2 is 1.88 bits per heavy atom. The second-order valence-electron chi connectivity index (χ2n) is 3.42. The first-order valence-corrected chi connectivity index (χ1v) is 5.69. The van der Waals surface area contributed by atoms with Crippen LogP contribution in [0.25, 0.3) is 6.08 Å². The van der Waals surface area contributed by atoms with Crippen molar-refractivity contribution in [2.75, 3.05) is 6.61 Å². The third-order valence-corrected chi connectivity index (χ3v) is 2.34. The van der Waals surface area contributed by atoms with Crippen molar-refractivity contribution in [2.45, 2.75) is 0 Å². The average Bonchev–Trinajstić information content (AvgIpc) is 2.36. The molecule has 1 aromatic carbocycles. The van der Waals surface area contributed by atoms with E-state index in [-0.39, 0.29) is 0 Å². The molecule has 0 spiro atoms. The first-order chi connectivity index (χ1) is 8.34. The summed E-state index contributed by atoms with van der Waals surface area (Å²) in [7, 11) is 0. The monoisotopic (exact) mass is 245 g/mol. The minimum Gasteiger partial charge on any atom is -0.473 e. The summed E-state index contributed by atoms with van der Waals surface area (Å²) in [5.41, 5.74) is 1.15. The van der Waals surface area contributed by atoms with Crippen LogP contribution in [-0.2, 0) is 0 Å². The van der Waals surface area contributed by atoms with E-state index in [0.29, 0.717) is 17.6 Å².